The minimum atomic E-state index is -0.261. The lowest BCUT2D eigenvalue weighted by Crippen LogP contribution is -2.48. The van der Waals surface area contributed by atoms with Crippen LogP contribution in [0.5, 0.6) is 0 Å². The Hall–Kier alpha value is -0.650. The summed E-state index contributed by atoms with van der Waals surface area (Å²) in [6, 6.07) is 0.542. The predicted octanol–water partition coefficient (Wildman–Crippen LogP) is 1.95. The van der Waals surface area contributed by atoms with Gasteiger partial charge >= 0.3 is 0 Å². The molecular formula is C18H32N2O3. The Balaban J connectivity index is 1.45. The number of ether oxygens (including phenoxy) is 2. The summed E-state index contributed by atoms with van der Waals surface area (Å²) in [5.74, 6) is 0.920. The highest BCUT2D eigenvalue weighted by Crippen LogP contribution is 2.34. The Labute approximate surface area is 140 Å². The molecule has 5 nitrogen and oxygen atoms in total. The third kappa shape index (κ3) is 4.46. The van der Waals surface area contributed by atoms with Gasteiger partial charge in [0.25, 0.3) is 0 Å². The second-order valence-electron chi connectivity index (χ2n) is 7.38. The first kappa shape index (κ1) is 17.2. The Bertz CT molecular complexity index is 384. The molecule has 1 amide bonds. The number of rotatable bonds is 6. The summed E-state index contributed by atoms with van der Waals surface area (Å²) in [6.07, 6.45) is 10.1. The molecule has 0 spiro atoms. The molecule has 3 rings (SSSR count). The molecule has 3 aliphatic rings. The fraction of sp³-hybridized carbons (Fsp3) is 0.944. The van der Waals surface area contributed by atoms with Crippen molar-refractivity contribution in [2.24, 2.45) is 5.92 Å². The predicted molar refractivity (Wildman–Crippen MR) is 89.3 cm³/mol. The molecule has 23 heavy (non-hydrogen) atoms. The SMILES string of the molecule is COCCNC(=O)[C@@H]1CC[C@@H]2[C@@H](CCN2CC2CCCCC2)O1. The lowest BCUT2D eigenvalue weighted by Gasteiger charge is -2.37. The standard InChI is InChI=1S/C18H32N2O3/c1-22-12-10-19-18(21)17-8-7-15-16(23-17)9-11-20(15)13-14-5-3-2-4-6-14/h14-17H,2-13H2,1H3,(H,19,21)/t15-,16-,17+/m1/s1. The molecule has 5 heteroatoms. The summed E-state index contributed by atoms with van der Waals surface area (Å²) < 4.78 is 11.1. The summed E-state index contributed by atoms with van der Waals surface area (Å²) >= 11 is 0. The van der Waals surface area contributed by atoms with Crippen LogP contribution in [0.1, 0.15) is 51.4 Å². The van der Waals surface area contributed by atoms with Crippen LogP contribution in [0.15, 0.2) is 0 Å². The van der Waals surface area contributed by atoms with E-state index in [1.807, 2.05) is 0 Å². The molecule has 2 heterocycles. The Morgan fingerprint density at radius 2 is 2.00 bits per heavy atom. The van der Waals surface area contributed by atoms with Crippen molar-refractivity contribution in [1.82, 2.24) is 10.2 Å². The van der Waals surface area contributed by atoms with E-state index in [2.05, 4.69) is 10.2 Å². The van der Waals surface area contributed by atoms with Gasteiger partial charge in [-0.05, 0) is 38.0 Å². The largest absolute Gasteiger partial charge is 0.383 e. The van der Waals surface area contributed by atoms with Crippen molar-refractivity contribution >= 4 is 5.91 Å². The van der Waals surface area contributed by atoms with E-state index in [9.17, 15) is 4.79 Å². The van der Waals surface area contributed by atoms with E-state index in [4.69, 9.17) is 9.47 Å². The second-order valence-corrected chi connectivity index (χ2v) is 7.38. The van der Waals surface area contributed by atoms with Crippen LogP contribution >= 0.6 is 0 Å². The fourth-order valence-electron chi connectivity index (χ4n) is 4.53. The molecule has 3 fully saturated rings. The minimum absolute atomic E-state index is 0.0335. The number of fused-ring (bicyclic) bond motifs is 1. The van der Waals surface area contributed by atoms with Crippen LogP contribution in [0.4, 0.5) is 0 Å². The zero-order chi connectivity index (χ0) is 16.1. The van der Waals surface area contributed by atoms with Gasteiger partial charge in [-0.1, -0.05) is 19.3 Å². The van der Waals surface area contributed by atoms with Crippen LogP contribution < -0.4 is 5.32 Å². The zero-order valence-electron chi connectivity index (χ0n) is 14.5. The number of likely N-dealkylation sites (tertiary alicyclic amines) is 1. The zero-order valence-corrected chi connectivity index (χ0v) is 14.5. The van der Waals surface area contributed by atoms with Gasteiger partial charge in [0.15, 0.2) is 0 Å². The summed E-state index contributed by atoms with van der Waals surface area (Å²) in [7, 11) is 1.65. The summed E-state index contributed by atoms with van der Waals surface area (Å²) in [5, 5.41) is 2.91. The summed E-state index contributed by atoms with van der Waals surface area (Å²) in [4.78, 5) is 14.8. The molecule has 132 valence electrons. The molecule has 2 aliphatic heterocycles. The number of nitrogens with zero attached hydrogens (tertiary/aromatic N) is 1. The van der Waals surface area contributed by atoms with Gasteiger partial charge in [0.1, 0.15) is 6.10 Å². The van der Waals surface area contributed by atoms with Gasteiger partial charge in [0, 0.05) is 32.8 Å². The quantitative estimate of drug-likeness (QED) is 0.759. The van der Waals surface area contributed by atoms with Crippen molar-refractivity contribution < 1.29 is 14.3 Å². The van der Waals surface area contributed by atoms with Crippen LogP contribution in [0.2, 0.25) is 0 Å². The Kier molecular flexibility index (Phi) is 6.31. The van der Waals surface area contributed by atoms with Gasteiger partial charge in [0.05, 0.1) is 12.7 Å². The average Bonchev–Trinajstić information content (AvgIpc) is 2.98. The first-order valence-electron chi connectivity index (χ1n) is 9.44. The molecule has 1 aliphatic carbocycles. The number of methoxy groups -OCH3 is 1. The van der Waals surface area contributed by atoms with Crippen LogP contribution in [0, 0.1) is 5.92 Å². The van der Waals surface area contributed by atoms with E-state index >= 15 is 0 Å². The van der Waals surface area contributed by atoms with Crippen molar-refractivity contribution in [2.75, 3.05) is 33.4 Å². The maximum Gasteiger partial charge on any atom is 0.249 e. The Morgan fingerprint density at radius 3 is 2.78 bits per heavy atom. The number of hydrogen-bond acceptors (Lipinski definition) is 4. The first-order valence-corrected chi connectivity index (χ1v) is 9.44. The van der Waals surface area contributed by atoms with Crippen molar-refractivity contribution in [2.45, 2.75) is 69.6 Å². The number of carbonyl (C=O) groups is 1. The van der Waals surface area contributed by atoms with Crippen LogP contribution in [0.3, 0.4) is 0 Å². The van der Waals surface area contributed by atoms with E-state index < -0.39 is 0 Å². The number of amides is 1. The number of carbonyl (C=O) groups excluding carboxylic acids is 1. The molecule has 0 aromatic heterocycles. The minimum Gasteiger partial charge on any atom is -0.383 e. The Morgan fingerprint density at radius 1 is 1.17 bits per heavy atom. The van der Waals surface area contributed by atoms with Crippen molar-refractivity contribution in [3.05, 3.63) is 0 Å². The van der Waals surface area contributed by atoms with Crippen LogP contribution in [-0.4, -0.2) is 62.4 Å². The third-order valence-corrected chi connectivity index (χ3v) is 5.78. The first-order chi connectivity index (χ1) is 11.3. The van der Waals surface area contributed by atoms with Gasteiger partial charge in [-0.15, -0.1) is 0 Å². The third-order valence-electron chi connectivity index (χ3n) is 5.78. The molecule has 3 atom stereocenters. The molecule has 0 aromatic rings. The molecule has 2 saturated heterocycles. The smallest absolute Gasteiger partial charge is 0.249 e. The highest BCUT2D eigenvalue weighted by atomic mass is 16.5. The molecular weight excluding hydrogens is 292 g/mol. The molecule has 0 aromatic carbocycles. The fourth-order valence-corrected chi connectivity index (χ4v) is 4.53. The van der Waals surface area contributed by atoms with Crippen molar-refractivity contribution in [3.63, 3.8) is 0 Å². The van der Waals surface area contributed by atoms with Crippen molar-refractivity contribution in [1.29, 1.82) is 0 Å². The number of nitrogens with one attached hydrogen (secondary N) is 1. The van der Waals surface area contributed by atoms with E-state index in [0.29, 0.717) is 19.2 Å². The van der Waals surface area contributed by atoms with E-state index in [-0.39, 0.29) is 18.1 Å². The average molecular weight is 324 g/mol. The van der Waals surface area contributed by atoms with E-state index in [1.165, 1.54) is 38.6 Å². The number of hydrogen-bond donors (Lipinski definition) is 1. The topological polar surface area (TPSA) is 50.8 Å². The van der Waals surface area contributed by atoms with Gasteiger partial charge in [0.2, 0.25) is 5.91 Å². The van der Waals surface area contributed by atoms with Gasteiger partial charge < -0.3 is 14.8 Å². The van der Waals surface area contributed by atoms with Gasteiger partial charge in [-0.3, -0.25) is 9.69 Å². The summed E-state index contributed by atoms with van der Waals surface area (Å²) in [5.41, 5.74) is 0. The van der Waals surface area contributed by atoms with E-state index in [0.717, 1.165) is 31.7 Å². The van der Waals surface area contributed by atoms with Gasteiger partial charge in [-0.2, -0.15) is 0 Å². The highest BCUT2D eigenvalue weighted by molar-refractivity contribution is 5.80. The van der Waals surface area contributed by atoms with Gasteiger partial charge in [-0.25, -0.2) is 0 Å². The van der Waals surface area contributed by atoms with Crippen molar-refractivity contribution in [3.8, 4) is 0 Å². The maximum absolute atomic E-state index is 12.2. The highest BCUT2D eigenvalue weighted by Gasteiger charge is 2.42. The molecule has 0 unspecified atom stereocenters. The maximum atomic E-state index is 12.2. The normalized spacial score (nSPS) is 32.7. The second kappa shape index (κ2) is 8.45. The van der Waals surface area contributed by atoms with E-state index in [1.54, 1.807) is 7.11 Å². The molecule has 0 bridgehead atoms. The van der Waals surface area contributed by atoms with Crippen LogP contribution in [0.25, 0.3) is 0 Å². The lowest BCUT2D eigenvalue weighted by molar-refractivity contribution is -0.144. The molecule has 1 N–H and O–H groups in total. The lowest BCUT2D eigenvalue weighted by atomic mass is 9.88. The monoisotopic (exact) mass is 324 g/mol. The molecule has 1 saturated carbocycles. The molecule has 0 radical (unpaired) electrons. The summed E-state index contributed by atoms with van der Waals surface area (Å²) in [6.45, 7) is 3.51. The van der Waals surface area contributed by atoms with Crippen LogP contribution in [-0.2, 0) is 14.3 Å².